The number of nitrogens with zero attached hydrogens (tertiary/aromatic N) is 1. The van der Waals surface area contributed by atoms with Gasteiger partial charge in [-0.2, -0.15) is 0 Å². The smallest absolute Gasteiger partial charge is 0.367 e. The number of rotatable bonds is 6. The van der Waals surface area contributed by atoms with E-state index in [1.165, 1.54) is 19.3 Å². The highest BCUT2D eigenvalue weighted by Gasteiger charge is 2.35. The van der Waals surface area contributed by atoms with E-state index in [1.54, 1.807) is 12.3 Å². The zero-order valence-electron chi connectivity index (χ0n) is 11.9. The molecule has 0 bridgehead atoms. The van der Waals surface area contributed by atoms with Crippen molar-refractivity contribution in [3.63, 3.8) is 0 Å². The number of esters is 1. The monoisotopic (exact) mass is 296 g/mol. The molecule has 1 aliphatic rings. The van der Waals surface area contributed by atoms with Crippen LogP contribution in [-0.4, -0.2) is 30.0 Å². The maximum atomic E-state index is 12.0. The Hall–Kier alpha value is -1.43. The van der Waals surface area contributed by atoms with Gasteiger partial charge >= 0.3 is 5.97 Å². The van der Waals surface area contributed by atoms with Crippen molar-refractivity contribution in [3.8, 4) is 0 Å². The topological polar surface area (TPSA) is 68.3 Å². The second-order valence-electron chi connectivity index (χ2n) is 5.15. The summed E-state index contributed by atoms with van der Waals surface area (Å²) >= 11 is 1.14. The normalized spacial score (nSPS) is 16.3. The zero-order valence-corrected chi connectivity index (χ0v) is 12.7. The minimum absolute atomic E-state index is 0.212. The predicted molar refractivity (Wildman–Crippen MR) is 77.0 cm³/mol. The highest BCUT2D eigenvalue weighted by atomic mass is 32.1. The average molecular weight is 296 g/mol. The van der Waals surface area contributed by atoms with Crippen molar-refractivity contribution in [2.75, 3.05) is 13.2 Å². The molecule has 0 unspecified atom stereocenters. The predicted octanol–water partition coefficient (Wildman–Crippen LogP) is 2.63. The minimum atomic E-state index is -0.472. The van der Waals surface area contributed by atoms with Crippen molar-refractivity contribution in [2.24, 2.45) is 5.41 Å². The average Bonchev–Trinajstić information content (AvgIpc) is 2.88. The van der Waals surface area contributed by atoms with Crippen molar-refractivity contribution >= 4 is 23.2 Å². The molecule has 110 valence electrons. The van der Waals surface area contributed by atoms with Gasteiger partial charge in [-0.05, 0) is 31.6 Å². The minimum Gasteiger partial charge on any atom is -0.461 e. The molecule has 0 radical (unpaired) electrons. The fraction of sp³-hybridized carbons (Fsp3) is 0.643. The van der Waals surface area contributed by atoms with Crippen LogP contribution in [0.3, 0.4) is 0 Å². The fourth-order valence-electron chi connectivity index (χ4n) is 2.36. The Morgan fingerprint density at radius 2 is 2.20 bits per heavy atom. The number of hydrogen-bond acceptors (Lipinski definition) is 5. The molecule has 1 heterocycles. The van der Waals surface area contributed by atoms with Gasteiger partial charge in [-0.3, -0.25) is 4.79 Å². The van der Waals surface area contributed by atoms with Gasteiger partial charge in [0.05, 0.1) is 6.61 Å². The van der Waals surface area contributed by atoms with E-state index in [-0.39, 0.29) is 16.3 Å². The van der Waals surface area contributed by atoms with Crippen LogP contribution in [0.25, 0.3) is 0 Å². The number of hydrogen-bond donors (Lipinski definition) is 1. The summed E-state index contributed by atoms with van der Waals surface area (Å²) in [6.07, 6.45) is 4.68. The van der Waals surface area contributed by atoms with Crippen LogP contribution >= 0.6 is 11.3 Å². The standard InChI is InChI=1S/C14H20N2O3S/c1-3-14(6-5-7-14)9-15-11(17)10-8-20-12(16-10)13(18)19-4-2/h8H,3-7,9H2,1-2H3,(H,15,17). The number of carbonyl (C=O) groups is 2. The number of carbonyl (C=O) groups excluding carboxylic acids is 2. The number of ether oxygens (including phenoxy) is 1. The van der Waals surface area contributed by atoms with Gasteiger partial charge < -0.3 is 10.1 Å². The maximum Gasteiger partial charge on any atom is 0.367 e. The fourth-order valence-corrected chi connectivity index (χ4v) is 3.04. The molecule has 1 saturated carbocycles. The van der Waals surface area contributed by atoms with Crippen LogP contribution in [0, 0.1) is 5.41 Å². The zero-order chi connectivity index (χ0) is 14.6. The van der Waals surface area contributed by atoms with Crippen LogP contribution in [0.4, 0.5) is 0 Å². The molecule has 1 aromatic heterocycles. The molecule has 0 atom stereocenters. The summed E-state index contributed by atoms with van der Waals surface area (Å²) in [5.74, 6) is -0.683. The van der Waals surface area contributed by atoms with Crippen molar-refractivity contribution in [1.29, 1.82) is 0 Å². The third kappa shape index (κ3) is 3.17. The molecular formula is C14H20N2O3S. The molecule has 1 fully saturated rings. The molecule has 1 aliphatic carbocycles. The molecule has 1 N–H and O–H groups in total. The second-order valence-corrected chi connectivity index (χ2v) is 6.01. The summed E-state index contributed by atoms with van der Waals surface area (Å²) in [4.78, 5) is 27.5. The SMILES string of the molecule is CCOC(=O)c1nc(C(=O)NCC2(CC)CCC2)cs1. The lowest BCUT2D eigenvalue weighted by molar-refractivity contribution is 0.0526. The van der Waals surface area contributed by atoms with Crippen LogP contribution in [0.1, 0.15) is 59.8 Å². The summed E-state index contributed by atoms with van der Waals surface area (Å²) in [6.45, 7) is 4.89. The Morgan fingerprint density at radius 1 is 1.45 bits per heavy atom. The summed E-state index contributed by atoms with van der Waals surface area (Å²) in [5.41, 5.74) is 0.568. The molecule has 5 nitrogen and oxygen atoms in total. The molecule has 0 aliphatic heterocycles. The second kappa shape index (κ2) is 6.35. The number of aromatic nitrogens is 1. The third-order valence-corrected chi connectivity index (χ3v) is 4.80. The molecule has 1 amide bonds. The van der Waals surface area contributed by atoms with Gasteiger partial charge in [0.1, 0.15) is 5.69 Å². The first-order chi connectivity index (χ1) is 9.60. The van der Waals surface area contributed by atoms with Crippen molar-refractivity contribution in [2.45, 2.75) is 39.5 Å². The Labute approximate surface area is 122 Å². The van der Waals surface area contributed by atoms with E-state index in [1.807, 2.05) is 0 Å². The molecular weight excluding hydrogens is 276 g/mol. The maximum absolute atomic E-state index is 12.0. The quantitative estimate of drug-likeness (QED) is 0.819. The van der Waals surface area contributed by atoms with Crippen molar-refractivity contribution in [1.82, 2.24) is 10.3 Å². The van der Waals surface area contributed by atoms with Crippen LogP contribution in [0.2, 0.25) is 0 Å². The molecule has 20 heavy (non-hydrogen) atoms. The molecule has 0 spiro atoms. The number of nitrogens with one attached hydrogen (secondary N) is 1. The van der Waals surface area contributed by atoms with E-state index in [4.69, 9.17) is 4.74 Å². The lowest BCUT2D eigenvalue weighted by Crippen LogP contribution is -2.41. The van der Waals surface area contributed by atoms with E-state index >= 15 is 0 Å². The van der Waals surface area contributed by atoms with Crippen LogP contribution in [-0.2, 0) is 4.74 Å². The van der Waals surface area contributed by atoms with E-state index in [2.05, 4.69) is 17.2 Å². The number of amides is 1. The van der Waals surface area contributed by atoms with Gasteiger partial charge in [0.2, 0.25) is 5.01 Å². The highest BCUT2D eigenvalue weighted by molar-refractivity contribution is 7.11. The van der Waals surface area contributed by atoms with E-state index in [0.717, 1.165) is 17.8 Å². The Bertz CT molecular complexity index is 489. The van der Waals surface area contributed by atoms with E-state index in [9.17, 15) is 9.59 Å². The van der Waals surface area contributed by atoms with E-state index < -0.39 is 5.97 Å². The first-order valence-corrected chi connectivity index (χ1v) is 7.89. The van der Waals surface area contributed by atoms with Gasteiger partial charge in [0.25, 0.3) is 5.91 Å². The lowest BCUT2D eigenvalue weighted by atomic mass is 9.67. The van der Waals surface area contributed by atoms with Gasteiger partial charge in [-0.25, -0.2) is 9.78 Å². The van der Waals surface area contributed by atoms with Crippen LogP contribution in [0.15, 0.2) is 5.38 Å². The Kier molecular flexibility index (Phi) is 4.75. The molecule has 0 aromatic carbocycles. The van der Waals surface area contributed by atoms with Gasteiger partial charge in [0.15, 0.2) is 0 Å². The van der Waals surface area contributed by atoms with Gasteiger partial charge in [-0.1, -0.05) is 13.3 Å². The summed E-state index contributed by atoms with van der Waals surface area (Å²) in [7, 11) is 0. The largest absolute Gasteiger partial charge is 0.461 e. The summed E-state index contributed by atoms with van der Waals surface area (Å²) in [5, 5.41) is 4.76. The van der Waals surface area contributed by atoms with E-state index in [0.29, 0.717) is 18.8 Å². The Balaban J connectivity index is 1.91. The summed E-state index contributed by atoms with van der Waals surface area (Å²) < 4.78 is 4.86. The highest BCUT2D eigenvalue weighted by Crippen LogP contribution is 2.43. The lowest BCUT2D eigenvalue weighted by Gasteiger charge is -2.41. The number of thiazole rings is 1. The van der Waals surface area contributed by atoms with Crippen LogP contribution in [0.5, 0.6) is 0 Å². The van der Waals surface area contributed by atoms with Crippen molar-refractivity contribution < 1.29 is 14.3 Å². The van der Waals surface area contributed by atoms with Gasteiger partial charge in [0, 0.05) is 11.9 Å². The van der Waals surface area contributed by atoms with Crippen LogP contribution < -0.4 is 5.32 Å². The Morgan fingerprint density at radius 3 is 2.75 bits per heavy atom. The van der Waals surface area contributed by atoms with Crippen molar-refractivity contribution in [3.05, 3.63) is 16.1 Å². The summed E-state index contributed by atoms with van der Waals surface area (Å²) in [6, 6.07) is 0. The first kappa shape index (κ1) is 15.0. The molecule has 1 aromatic rings. The molecule has 6 heteroatoms. The first-order valence-electron chi connectivity index (χ1n) is 7.01. The third-order valence-electron chi connectivity index (χ3n) is 3.98. The van der Waals surface area contributed by atoms with Gasteiger partial charge in [-0.15, -0.1) is 11.3 Å². The molecule has 2 rings (SSSR count). The molecule has 0 saturated heterocycles.